The van der Waals surface area contributed by atoms with Gasteiger partial charge in [-0.1, -0.05) is 84.9 Å². The van der Waals surface area contributed by atoms with Gasteiger partial charge in [-0.15, -0.1) is 0 Å². The van der Waals surface area contributed by atoms with Gasteiger partial charge >= 0.3 is 0 Å². The van der Waals surface area contributed by atoms with Crippen molar-refractivity contribution < 1.29 is 19.1 Å². The van der Waals surface area contributed by atoms with E-state index in [1.807, 2.05) is 71.6 Å². The Balaban J connectivity index is 1.41. The fraction of sp³-hybridized carbons (Fsp3) is 0.316. The van der Waals surface area contributed by atoms with Gasteiger partial charge in [0, 0.05) is 12.6 Å². The number of hydrogen-bond acceptors (Lipinski definition) is 4. The zero-order valence-electron chi connectivity index (χ0n) is 25.5. The molecule has 6 heteroatoms. The summed E-state index contributed by atoms with van der Waals surface area (Å²) >= 11 is 0. The van der Waals surface area contributed by atoms with E-state index in [-0.39, 0.29) is 24.2 Å². The molecule has 0 bridgehead atoms. The van der Waals surface area contributed by atoms with Crippen LogP contribution in [-0.2, 0) is 35.4 Å². The lowest BCUT2D eigenvalue weighted by molar-refractivity contribution is -0.150. The van der Waals surface area contributed by atoms with Crippen LogP contribution >= 0.6 is 0 Å². The molecule has 0 unspecified atom stereocenters. The number of hydrogen-bond donors (Lipinski definition) is 1. The molecule has 1 fully saturated rings. The molecule has 3 atom stereocenters. The van der Waals surface area contributed by atoms with Gasteiger partial charge < -0.3 is 19.7 Å². The molecule has 2 aliphatic rings. The smallest absolute Gasteiger partial charge is 0.250 e. The molecule has 1 N–H and O–H groups in total. The van der Waals surface area contributed by atoms with E-state index >= 15 is 0 Å². The molecule has 0 saturated heterocycles. The van der Waals surface area contributed by atoms with Crippen molar-refractivity contribution in [3.8, 4) is 11.5 Å². The van der Waals surface area contributed by atoms with Gasteiger partial charge in [-0.25, -0.2) is 0 Å². The zero-order valence-corrected chi connectivity index (χ0v) is 25.5. The summed E-state index contributed by atoms with van der Waals surface area (Å²) in [7, 11) is 3.18. The molecule has 0 heterocycles. The number of carbonyl (C=O) groups is 2. The van der Waals surface area contributed by atoms with Crippen molar-refractivity contribution in [3.63, 3.8) is 0 Å². The highest BCUT2D eigenvalue weighted by molar-refractivity contribution is 6.02. The minimum Gasteiger partial charge on any atom is -0.497 e. The van der Waals surface area contributed by atoms with Gasteiger partial charge in [0.1, 0.15) is 17.0 Å². The summed E-state index contributed by atoms with van der Waals surface area (Å²) in [5, 5.41) is 3.21. The summed E-state index contributed by atoms with van der Waals surface area (Å²) in [6.07, 6.45) is 4.22. The minimum atomic E-state index is -1.04. The van der Waals surface area contributed by atoms with Crippen LogP contribution in [0.3, 0.4) is 0 Å². The van der Waals surface area contributed by atoms with E-state index in [2.05, 4.69) is 29.6 Å². The predicted molar refractivity (Wildman–Crippen MR) is 173 cm³/mol. The van der Waals surface area contributed by atoms with Gasteiger partial charge in [0.2, 0.25) is 11.8 Å². The number of amides is 2. The Morgan fingerprint density at radius 3 is 2.09 bits per heavy atom. The summed E-state index contributed by atoms with van der Waals surface area (Å²) in [5.74, 6) is 1.69. The molecule has 0 aromatic heterocycles. The van der Waals surface area contributed by atoms with E-state index in [1.54, 1.807) is 26.4 Å². The summed E-state index contributed by atoms with van der Waals surface area (Å²) < 4.78 is 11.0. The predicted octanol–water partition coefficient (Wildman–Crippen LogP) is 6.87. The Bertz CT molecular complexity index is 1610. The largest absolute Gasteiger partial charge is 0.497 e. The molecular formula is C38H40N2O4. The Labute approximate surface area is 260 Å². The van der Waals surface area contributed by atoms with Crippen LogP contribution in [0, 0.1) is 11.8 Å². The average molecular weight is 589 g/mol. The fourth-order valence-corrected chi connectivity index (χ4v) is 7.22. The van der Waals surface area contributed by atoms with E-state index in [0.717, 1.165) is 30.4 Å². The van der Waals surface area contributed by atoms with Crippen LogP contribution in [0.5, 0.6) is 11.5 Å². The van der Waals surface area contributed by atoms with Crippen molar-refractivity contribution in [2.75, 3.05) is 19.5 Å². The molecule has 6 nitrogen and oxygen atoms in total. The molecule has 0 aliphatic heterocycles. The molecular weight excluding hydrogens is 548 g/mol. The maximum absolute atomic E-state index is 14.8. The molecule has 4 aromatic rings. The first kappa shape index (κ1) is 29.5. The normalized spacial score (nSPS) is 20.5. The Morgan fingerprint density at radius 2 is 1.43 bits per heavy atom. The summed E-state index contributed by atoms with van der Waals surface area (Å²) in [6.45, 7) is 0.355. The topological polar surface area (TPSA) is 67.9 Å². The minimum absolute atomic E-state index is 0.0495. The molecule has 0 spiro atoms. The van der Waals surface area contributed by atoms with E-state index < -0.39 is 5.54 Å². The lowest BCUT2D eigenvalue weighted by atomic mass is 9.62. The quantitative estimate of drug-likeness (QED) is 0.232. The number of nitrogens with one attached hydrogen (secondary N) is 1. The Kier molecular flexibility index (Phi) is 8.69. The number of nitrogens with zero attached hydrogens (tertiary/aromatic N) is 1. The second-order valence-electron chi connectivity index (χ2n) is 12.1. The van der Waals surface area contributed by atoms with E-state index in [0.29, 0.717) is 42.5 Å². The van der Waals surface area contributed by atoms with Crippen molar-refractivity contribution >= 4 is 17.5 Å². The lowest BCUT2D eigenvalue weighted by Crippen LogP contribution is -2.62. The van der Waals surface area contributed by atoms with Crippen molar-refractivity contribution in [1.82, 2.24) is 4.90 Å². The Morgan fingerprint density at radius 1 is 0.795 bits per heavy atom. The van der Waals surface area contributed by atoms with Crippen LogP contribution in [0.15, 0.2) is 103 Å². The molecule has 226 valence electrons. The van der Waals surface area contributed by atoms with Crippen LogP contribution < -0.4 is 14.8 Å². The number of fused-ring (bicyclic) bond motifs is 2. The second-order valence-corrected chi connectivity index (χ2v) is 12.1. The van der Waals surface area contributed by atoms with Crippen LogP contribution in [0.1, 0.15) is 41.5 Å². The van der Waals surface area contributed by atoms with Crippen molar-refractivity contribution in [2.24, 2.45) is 11.8 Å². The van der Waals surface area contributed by atoms with Gasteiger partial charge in [0.25, 0.3) is 0 Å². The number of ether oxygens (including phenoxy) is 2. The molecule has 2 amide bonds. The van der Waals surface area contributed by atoms with Gasteiger partial charge in [-0.2, -0.15) is 0 Å². The summed E-state index contributed by atoms with van der Waals surface area (Å²) in [4.78, 5) is 31.2. The number of rotatable bonds is 9. The highest BCUT2D eigenvalue weighted by Crippen LogP contribution is 2.47. The maximum Gasteiger partial charge on any atom is 0.250 e. The number of benzene rings is 4. The molecule has 1 saturated carbocycles. The molecule has 6 rings (SSSR count). The first-order valence-corrected chi connectivity index (χ1v) is 15.5. The highest BCUT2D eigenvalue weighted by Gasteiger charge is 2.52. The molecule has 44 heavy (non-hydrogen) atoms. The van der Waals surface area contributed by atoms with Gasteiger partial charge in [-0.05, 0) is 78.3 Å². The lowest BCUT2D eigenvalue weighted by Gasteiger charge is -2.51. The first-order valence-electron chi connectivity index (χ1n) is 15.5. The van der Waals surface area contributed by atoms with Gasteiger partial charge in [0.15, 0.2) is 0 Å². The van der Waals surface area contributed by atoms with Gasteiger partial charge in [0.05, 0.1) is 26.3 Å². The number of carbonyl (C=O) groups excluding carboxylic acids is 2. The van der Waals surface area contributed by atoms with Crippen LogP contribution in [-0.4, -0.2) is 36.5 Å². The zero-order chi connectivity index (χ0) is 30.5. The fourth-order valence-electron chi connectivity index (χ4n) is 7.22. The molecule has 0 radical (unpaired) electrons. The molecule has 2 aliphatic carbocycles. The SMILES string of the molecule is COc1ccc(NC(=O)[C@]2(N(Cc3ccccc3)C(=O)Cc3ccccc3)CC[C@H]3Cc4ccccc4C[C@H]3C2)c(OC)c1. The third-order valence-corrected chi connectivity index (χ3v) is 9.56. The summed E-state index contributed by atoms with van der Waals surface area (Å²) in [6, 6.07) is 33.9. The third kappa shape index (κ3) is 6.07. The van der Waals surface area contributed by atoms with Gasteiger partial charge in [-0.3, -0.25) is 9.59 Å². The van der Waals surface area contributed by atoms with E-state index in [4.69, 9.17) is 9.47 Å². The van der Waals surface area contributed by atoms with E-state index in [1.165, 1.54) is 11.1 Å². The van der Waals surface area contributed by atoms with Crippen molar-refractivity contribution in [3.05, 3.63) is 125 Å². The van der Waals surface area contributed by atoms with Crippen molar-refractivity contribution in [1.29, 1.82) is 0 Å². The standard InChI is InChI=1S/C38H40N2O4/c1-43-33-17-18-34(35(24-33)44-2)39-37(42)38(20-19-31-22-29-15-9-10-16-30(29)23-32(31)25-38)40(26-28-13-7-4-8-14-28)36(41)21-27-11-5-3-6-12-27/h3-18,24,31-32H,19-23,25-26H2,1-2H3,(H,39,42)/t31-,32-,38-/m0/s1. The Hall–Kier alpha value is -4.58. The maximum atomic E-state index is 14.8. The average Bonchev–Trinajstić information content (AvgIpc) is 3.07. The highest BCUT2D eigenvalue weighted by atomic mass is 16.5. The van der Waals surface area contributed by atoms with Crippen LogP contribution in [0.4, 0.5) is 5.69 Å². The molecule has 4 aromatic carbocycles. The monoisotopic (exact) mass is 588 g/mol. The van der Waals surface area contributed by atoms with Crippen molar-refractivity contribution in [2.45, 2.75) is 50.6 Å². The summed E-state index contributed by atoms with van der Waals surface area (Å²) in [5.41, 5.74) is 4.22. The van der Waals surface area contributed by atoms with Crippen LogP contribution in [0.25, 0.3) is 0 Å². The van der Waals surface area contributed by atoms with E-state index in [9.17, 15) is 9.59 Å². The number of methoxy groups -OCH3 is 2. The first-order chi connectivity index (χ1) is 21.5. The van der Waals surface area contributed by atoms with Crippen LogP contribution in [0.2, 0.25) is 0 Å². The number of anilines is 1. The second kappa shape index (κ2) is 13.0. The third-order valence-electron chi connectivity index (χ3n) is 9.56.